The number of allylic oxidation sites excluding steroid dienone is 1. The smallest absolute Gasteiger partial charge is 0.164 e. The molecular weight excluding hydrogens is 406 g/mol. The Hall–Kier alpha value is -4.05. The Bertz CT molecular complexity index is 1540. The van der Waals surface area contributed by atoms with E-state index in [9.17, 15) is 0 Å². The molecule has 0 amide bonds. The Morgan fingerprint density at radius 3 is 2.48 bits per heavy atom. The summed E-state index contributed by atoms with van der Waals surface area (Å²) in [5, 5.41) is 2.15. The number of hydrogen-bond donors (Lipinski definition) is 0. The van der Waals surface area contributed by atoms with Crippen molar-refractivity contribution in [1.82, 2.24) is 4.98 Å². The fourth-order valence-corrected chi connectivity index (χ4v) is 5.82. The van der Waals surface area contributed by atoms with E-state index in [1.54, 1.807) is 0 Å². The van der Waals surface area contributed by atoms with E-state index in [0.717, 1.165) is 39.1 Å². The first kappa shape index (κ1) is 18.5. The molecule has 2 aliphatic rings. The molecule has 160 valence electrons. The summed E-state index contributed by atoms with van der Waals surface area (Å²) in [4.78, 5) is 9.87. The number of anilines is 4. The highest BCUT2D eigenvalue weighted by atomic mass is 16.3. The summed E-state index contributed by atoms with van der Waals surface area (Å²) in [5.74, 6) is 1.46. The van der Waals surface area contributed by atoms with Gasteiger partial charge in [-0.3, -0.25) is 0 Å². The summed E-state index contributed by atoms with van der Waals surface area (Å²) in [6.07, 6.45) is 4.12. The van der Waals surface area contributed by atoms with Crippen LogP contribution in [0.4, 0.5) is 22.9 Å². The number of furan rings is 1. The van der Waals surface area contributed by atoms with Crippen LogP contribution in [0.5, 0.6) is 0 Å². The van der Waals surface area contributed by atoms with Crippen LogP contribution < -0.4 is 9.80 Å². The molecular formula is C29H23N3O. The fraction of sp³-hybridized carbons (Fsp3) is 0.138. The number of aromatic nitrogens is 1. The molecule has 4 heterocycles. The van der Waals surface area contributed by atoms with Gasteiger partial charge in [0.05, 0.1) is 0 Å². The van der Waals surface area contributed by atoms with Crippen molar-refractivity contribution >= 4 is 44.8 Å². The predicted molar refractivity (Wildman–Crippen MR) is 135 cm³/mol. The first-order chi connectivity index (χ1) is 16.3. The zero-order valence-corrected chi connectivity index (χ0v) is 18.3. The molecule has 0 saturated carbocycles. The maximum atomic E-state index is 6.50. The van der Waals surface area contributed by atoms with Crippen molar-refractivity contribution in [2.75, 3.05) is 9.80 Å². The molecule has 0 radical (unpaired) electrons. The summed E-state index contributed by atoms with van der Waals surface area (Å²) >= 11 is 0. The molecule has 3 unspecified atom stereocenters. The summed E-state index contributed by atoms with van der Waals surface area (Å²) in [6, 6.07) is 27.4. The molecule has 0 saturated heterocycles. The molecule has 0 spiro atoms. The number of nitrogens with zero attached hydrogens (tertiary/aromatic N) is 3. The first-order valence-electron chi connectivity index (χ1n) is 11.4. The number of fused-ring (bicyclic) bond motifs is 9. The van der Waals surface area contributed by atoms with Crippen molar-refractivity contribution in [3.63, 3.8) is 0 Å². The molecule has 4 heteroatoms. The second kappa shape index (κ2) is 6.72. The van der Waals surface area contributed by atoms with Gasteiger partial charge in [0.25, 0.3) is 0 Å². The van der Waals surface area contributed by atoms with E-state index in [4.69, 9.17) is 9.40 Å². The van der Waals surface area contributed by atoms with Crippen LogP contribution in [0.1, 0.15) is 18.4 Å². The number of pyridine rings is 1. The van der Waals surface area contributed by atoms with Crippen LogP contribution >= 0.6 is 0 Å². The van der Waals surface area contributed by atoms with Gasteiger partial charge in [0, 0.05) is 40.2 Å². The average Bonchev–Trinajstić information content (AvgIpc) is 3.41. The molecule has 33 heavy (non-hydrogen) atoms. The van der Waals surface area contributed by atoms with Crippen molar-refractivity contribution in [3.05, 3.63) is 103 Å². The number of hydrogen-bond acceptors (Lipinski definition) is 4. The van der Waals surface area contributed by atoms with E-state index in [1.807, 2.05) is 18.3 Å². The molecule has 7 rings (SSSR count). The minimum atomic E-state index is 0.0617. The second-order valence-corrected chi connectivity index (χ2v) is 8.94. The Morgan fingerprint density at radius 2 is 1.64 bits per heavy atom. The minimum absolute atomic E-state index is 0.0617. The number of rotatable bonds is 2. The summed E-state index contributed by atoms with van der Waals surface area (Å²) < 4.78 is 6.50. The Labute approximate surface area is 192 Å². The van der Waals surface area contributed by atoms with Gasteiger partial charge in [-0.2, -0.15) is 0 Å². The van der Waals surface area contributed by atoms with Crippen LogP contribution in [0.15, 0.2) is 102 Å². The third-order valence-electron chi connectivity index (χ3n) is 7.26. The molecule has 0 N–H and O–H groups in total. The zero-order valence-electron chi connectivity index (χ0n) is 18.3. The maximum absolute atomic E-state index is 6.50. The van der Waals surface area contributed by atoms with Gasteiger partial charge in [-0.05, 0) is 29.8 Å². The van der Waals surface area contributed by atoms with Crippen LogP contribution in [-0.2, 0) is 0 Å². The zero-order chi connectivity index (χ0) is 22.1. The van der Waals surface area contributed by atoms with E-state index in [1.165, 1.54) is 11.3 Å². The highest BCUT2D eigenvalue weighted by Crippen LogP contribution is 2.57. The average molecular weight is 430 g/mol. The molecule has 4 nitrogen and oxygen atoms in total. The molecule has 5 aromatic rings. The lowest BCUT2D eigenvalue weighted by Gasteiger charge is -2.44. The molecule has 2 aromatic heterocycles. The van der Waals surface area contributed by atoms with Crippen molar-refractivity contribution in [3.8, 4) is 0 Å². The lowest BCUT2D eigenvalue weighted by atomic mass is 9.80. The van der Waals surface area contributed by atoms with Crippen molar-refractivity contribution < 1.29 is 4.42 Å². The van der Waals surface area contributed by atoms with Gasteiger partial charge in [-0.1, -0.05) is 67.6 Å². The Kier molecular flexibility index (Phi) is 3.77. The first-order valence-corrected chi connectivity index (χ1v) is 11.4. The number of para-hydroxylation sites is 3. The topological polar surface area (TPSA) is 32.5 Å². The van der Waals surface area contributed by atoms with Crippen LogP contribution in [0, 0.1) is 5.92 Å². The van der Waals surface area contributed by atoms with E-state index in [-0.39, 0.29) is 18.0 Å². The standard InChI is InChI=1S/C29H23N3O/c1-3-20-18(2)29-31(19-11-5-4-6-12-19)28-26(32(29)24-15-9-7-13-21(20)24)27-23(17-30-28)22-14-8-10-16-25(22)33-27/h3-18,20,29H,1H2,2H3. The SMILES string of the molecule is C=CC1c2ccccc2N2c3c(ncc4c3oc3ccccc34)N(c3ccccc3)C2C1C. The summed E-state index contributed by atoms with van der Waals surface area (Å²) in [7, 11) is 0. The van der Waals surface area contributed by atoms with Crippen LogP contribution in [0.2, 0.25) is 0 Å². The molecule has 0 bridgehead atoms. The minimum Gasteiger partial charge on any atom is -0.454 e. The van der Waals surface area contributed by atoms with Crippen LogP contribution in [-0.4, -0.2) is 11.1 Å². The maximum Gasteiger partial charge on any atom is 0.164 e. The monoisotopic (exact) mass is 429 g/mol. The molecule has 0 aliphatic carbocycles. The third-order valence-corrected chi connectivity index (χ3v) is 7.26. The molecule has 3 aromatic carbocycles. The number of benzene rings is 3. The highest BCUT2D eigenvalue weighted by Gasteiger charge is 2.49. The molecule has 2 aliphatic heterocycles. The Balaban J connectivity index is 1.60. The van der Waals surface area contributed by atoms with Gasteiger partial charge in [0.15, 0.2) is 11.4 Å². The molecule has 3 atom stereocenters. The van der Waals surface area contributed by atoms with Gasteiger partial charge >= 0.3 is 0 Å². The van der Waals surface area contributed by atoms with E-state index < -0.39 is 0 Å². The third kappa shape index (κ3) is 2.38. The van der Waals surface area contributed by atoms with E-state index in [0.29, 0.717) is 0 Å². The fourth-order valence-electron chi connectivity index (χ4n) is 5.82. The molecule has 0 fully saturated rings. The van der Waals surface area contributed by atoms with Crippen LogP contribution in [0.25, 0.3) is 21.9 Å². The highest BCUT2D eigenvalue weighted by molar-refractivity contribution is 6.13. The largest absolute Gasteiger partial charge is 0.454 e. The van der Waals surface area contributed by atoms with Gasteiger partial charge in [-0.15, -0.1) is 6.58 Å². The Morgan fingerprint density at radius 1 is 0.879 bits per heavy atom. The van der Waals surface area contributed by atoms with Gasteiger partial charge < -0.3 is 14.2 Å². The predicted octanol–water partition coefficient (Wildman–Crippen LogP) is 7.52. The van der Waals surface area contributed by atoms with Gasteiger partial charge in [0.2, 0.25) is 0 Å². The van der Waals surface area contributed by atoms with E-state index >= 15 is 0 Å². The quantitative estimate of drug-likeness (QED) is 0.272. The normalized spacial score (nSPS) is 21.2. The summed E-state index contributed by atoms with van der Waals surface area (Å²) in [6.45, 7) is 6.52. The van der Waals surface area contributed by atoms with Crippen LogP contribution in [0.3, 0.4) is 0 Å². The van der Waals surface area contributed by atoms with Gasteiger partial charge in [0.1, 0.15) is 17.4 Å². The lowest BCUT2D eigenvalue weighted by molar-refractivity contribution is 0.409. The lowest BCUT2D eigenvalue weighted by Crippen LogP contribution is -2.48. The van der Waals surface area contributed by atoms with Crippen molar-refractivity contribution in [2.24, 2.45) is 5.92 Å². The second-order valence-electron chi connectivity index (χ2n) is 8.94. The van der Waals surface area contributed by atoms with E-state index in [2.05, 4.69) is 96.1 Å². The summed E-state index contributed by atoms with van der Waals surface area (Å²) in [5.41, 5.74) is 6.44. The van der Waals surface area contributed by atoms with Crippen molar-refractivity contribution in [1.29, 1.82) is 0 Å². The van der Waals surface area contributed by atoms with Crippen molar-refractivity contribution in [2.45, 2.75) is 19.0 Å². The van der Waals surface area contributed by atoms with Gasteiger partial charge in [-0.25, -0.2) is 4.98 Å².